The van der Waals surface area contributed by atoms with Crippen LogP contribution in [0.4, 0.5) is 4.39 Å². The molecule has 0 bridgehead atoms. The van der Waals surface area contributed by atoms with Crippen LogP contribution in [0.2, 0.25) is 0 Å². The minimum absolute atomic E-state index is 0.119. The van der Waals surface area contributed by atoms with Crippen molar-refractivity contribution in [2.75, 3.05) is 6.54 Å². The predicted molar refractivity (Wildman–Crippen MR) is 96.7 cm³/mol. The van der Waals surface area contributed by atoms with Gasteiger partial charge in [0, 0.05) is 13.1 Å². The topological polar surface area (TPSA) is 64.0 Å². The number of hydrogen-bond donors (Lipinski definition) is 1. The van der Waals surface area contributed by atoms with Gasteiger partial charge in [0.25, 0.3) is 11.5 Å². The first kappa shape index (κ1) is 17.3. The molecule has 0 aliphatic heterocycles. The Morgan fingerprint density at radius 3 is 2.72 bits per heavy atom. The minimum Gasteiger partial charge on any atom is -0.351 e. The molecule has 0 aliphatic carbocycles. The fourth-order valence-corrected chi connectivity index (χ4v) is 3.71. The van der Waals surface area contributed by atoms with E-state index < -0.39 is 0 Å². The molecule has 7 heteroatoms. The van der Waals surface area contributed by atoms with E-state index in [1.54, 1.807) is 19.1 Å². The van der Waals surface area contributed by atoms with Gasteiger partial charge in [-0.05, 0) is 43.5 Å². The average Bonchev–Trinajstić information content (AvgIpc) is 2.94. The second-order valence-corrected chi connectivity index (χ2v) is 6.70. The van der Waals surface area contributed by atoms with E-state index in [2.05, 4.69) is 10.3 Å². The van der Waals surface area contributed by atoms with Crippen molar-refractivity contribution >= 4 is 27.5 Å². The van der Waals surface area contributed by atoms with Gasteiger partial charge in [0.1, 0.15) is 10.6 Å². The highest BCUT2D eigenvalue weighted by atomic mass is 32.1. The van der Waals surface area contributed by atoms with Crippen molar-refractivity contribution in [3.8, 4) is 0 Å². The normalized spacial score (nSPS) is 11.0. The number of halogens is 1. The van der Waals surface area contributed by atoms with Crippen LogP contribution in [0, 0.1) is 12.7 Å². The molecule has 1 aromatic carbocycles. The van der Waals surface area contributed by atoms with Gasteiger partial charge >= 0.3 is 0 Å². The van der Waals surface area contributed by atoms with E-state index in [0.717, 1.165) is 5.56 Å². The number of benzene rings is 1. The van der Waals surface area contributed by atoms with Gasteiger partial charge in [0.2, 0.25) is 0 Å². The molecule has 2 heterocycles. The maximum Gasteiger partial charge on any atom is 0.262 e. The number of aromatic nitrogens is 2. The van der Waals surface area contributed by atoms with E-state index in [1.165, 1.54) is 34.4 Å². The average molecular weight is 359 g/mol. The maximum atomic E-state index is 12.9. The lowest BCUT2D eigenvalue weighted by molar-refractivity contribution is 0.0957. The SMILES string of the molecule is CCn1cnc2sc(C(=O)NCCc3ccc(F)cc3)c(C)c2c1=O. The van der Waals surface area contributed by atoms with Crippen molar-refractivity contribution in [3.05, 3.63) is 62.8 Å². The Labute approximate surface area is 148 Å². The Kier molecular flexibility index (Phi) is 4.94. The van der Waals surface area contributed by atoms with Gasteiger partial charge in [0.05, 0.1) is 16.6 Å². The fraction of sp³-hybridized carbons (Fsp3) is 0.278. The molecular formula is C18H18FN3O2S. The van der Waals surface area contributed by atoms with Gasteiger partial charge in [-0.25, -0.2) is 9.37 Å². The molecule has 1 N–H and O–H groups in total. The van der Waals surface area contributed by atoms with Crippen LogP contribution < -0.4 is 10.9 Å². The van der Waals surface area contributed by atoms with Crippen molar-refractivity contribution in [1.82, 2.24) is 14.9 Å². The summed E-state index contributed by atoms with van der Waals surface area (Å²) in [5.74, 6) is -0.496. The van der Waals surface area contributed by atoms with E-state index in [9.17, 15) is 14.0 Å². The zero-order chi connectivity index (χ0) is 18.0. The van der Waals surface area contributed by atoms with Gasteiger partial charge in [-0.1, -0.05) is 12.1 Å². The molecule has 130 valence electrons. The number of thiophene rings is 1. The van der Waals surface area contributed by atoms with Crippen molar-refractivity contribution in [1.29, 1.82) is 0 Å². The third-order valence-electron chi connectivity index (χ3n) is 4.08. The second kappa shape index (κ2) is 7.14. The van der Waals surface area contributed by atoms with Crippen molar-refractivity contribution in [2.45, 2.75) is 26.8 Å². The summed E-state index contributed by atoms with van der Waals surface area (Å²) in [5, 5.41) is 3.37. The van der Waals surface area contributed by atoms with E-state index >= 15 is 0 Å². The molecule has 3 rings (SSSR count). The number of carbonyl (C=O) groups excluding carboxylic acids is 1. The summed E-state index contributed by atoms with van der Waals surface area (Å²) in [7, 11) is 0. The quantitative estimate of drug-likeness (QED) is 0.762. The Morgan fingerprint density at radius 1 is 1.32 bits per heavy atom. The number of rotatable bonds is 5. The van der Waals surface area contributed by atoms with Crippen LogP contribution in [-0.2, 0) is 13.0 Å². The highest BCUT2D eigenvalue weighted by molar-refractivity contribution is 7.20. The Hall–Kier alpha value is -2.54. The zero-order valence-electron chi connectivity index (χ0n) is 14.0. The summed E-state index contributed by atoms with van der Waals surface area (Å²) in [6, 6.07) is 6.20. The first-order valence-electron chi connectivity index (χ1n) is 8.02. The monoisotopic (exact) mass is 359 g/mol. The molecule has 0 fully saturated rings. The van der Waals surface area contributed by atoms with E-state index in [-0.39, 0.29) is 17.3 Å². The van der Waals surface area contributed by atoms with Crippen LogP contribution in [0.1, 0.15) is 27.7 Å². The molecule has 0 saturated heterocycles. The van der Waals surface area contributed by atoms with Crippen LogP contribution >= 0.6 is 11.3 Å². The zero-order valence-corrected chi connectivity index (χ0v) is 14.8. The summed E-state index contributed by atoms with van der Waals surface area (Å²) in [4.78, 5) is 30.2. The Bertz CT molecular complexity index is 976. The van der Waals surface area contributed by atoms with Gasteiger partial charge in [-0.2, -0.15) is 0 Å². The first-order chi connectivity index (χ1) is 12.0. The van der Waals surface area contributed by atoms with Gasteiger partial charge in [0.15, 0.2) is 0 Å². The number of aryl methyl sites for hydroxylation is 2. The molecule has 3 aromatic rings. The Morgan fingerprint density at radius 2 is 2.04 bits per heavy atom. The lowest BCUT2D eigenvalue weighted by Gasteiger charge is -2.05. The molecule has 0 saturated carbocycles. The van der Waals surface area contributed by atoms with Crippen molar-refractivity contribution < 1.29 is 9.18 Å². The third-order valence-corrected chi connectivity index (χ3v) is 5.28. The van der Waals surface area contributed by atoms with E-state index in [4.69, 9.17) is 0 Å². The molecule has 0 aliphatic rings. The highest BCUT2D eigenvalue weighted by Gasteiger charge is 2.18. The number of carbonyl (C=O) groups is 1. The number of amides is 1. The molecule has 0 radical (unpaired) electrons. The van der Waals surface area contributed by atoms with Crippen LogP contribution in [0.5, 0.6) is 0 Å². The van der Waals surface area contributed by atoms with Crippen molar-refractivity contribution in [3.63, 3.8) is 0 Å². The predicted octanol–water partition coefficient (Wildman–Crippen LogP) is 2.90. The van der Waals surface area contributed by atoms with E-state index in [0.29, 0.717) is 40.2 Å². The molecular weight excluding hydrogens is 341 g/mol. The first-order valence-corrected chi connectivity index (χ1v) is 8.84. The lowest BCUT2D eigenvalue weighted by atomic mass is 10.1. The summed E-state index contributed by atoms with van der Waals surface area (Å²) in [6.07, 6.45) is 2.12. The van der Waals surface area contributed by atoms with Gasteiger partial charge in [-0.15, -0.1) is 11.3 Å². The smallest absolute Gasteiger partial charge is 0.262 e. The molecule has 1 amide bonds. The number of hydrogen-bond acceptors (Lipinski definition) is 4. The Balaban J connectivity index is 1.76. The molecule has 25 heavy (non-hydrogen) atoms. The van der Waals surface area contributed by atoms with Crippen molar-refractivity contribution in [2.24, 2.45) is 0 Å². The maximum absolute atomic E-state index is 12.9. The van der Waals surface area contributed by atoms with Crippen LogP contribution in [0.3, 0.4) is 0 Å². The molecule has 5 nitrogen and oxygen atoms in total. The van der Waals surface area contributed by atoms with Crippen LogP contribution in [0.25, 0.3) is 10.2 Å². The largest absolute Gasteiger partial charge is 0.351 e. The number of nitrogens with zero attached hydrogens (tertiary/aromatic N) is 2. The minimum atomic E-state index is -0.279. The van der Waals surface area contributed by atoms with Crippen LogP contribution in [0.15, 0.2) is 35.4 Å². The summed E-state index contributed by atoms with van der Waals surface area (Å²) in [5.41, 5.74) is 1.49. The molecule has 0 atom stereocenters. The second-order valence-electron chi connectivity index (χ2n) is 5.70. The number of fused-ring (bicyclic) bond motifs is 1. The fourth-order valence-electron chi connectivity index (χ4n) is 2.65. The number of nitrogens with one attached hydrogen (secondary N) is 1. The van der Waals surface area contributed by atoms with Gasteiger partial charge < -0.3 is 5.32 Å². The van der Waals surface area contributed by atoms with E-state index in [1.807, 2.05) is 6.92 Å². The standard InChI is InChI=1S/C18H18FN3O2S/c1-3-22-10-21-17-14(18(22)24)11(2)15(25-17)16(23)20-9-8-12-4-6-13(19)7-5-12/h4-7,10H,3,8-9H2,1-2H3,(H,20,23). The summed E-state index contributed by atoms with van der Waals surface area (Å²) in [6.45, 7) is 4.62. The molecule has 0 spiro atoms. The van der Waals surface area contributed by atoms with Crippen LogP contribution in [-0.4, -0.2) is 22.0 Å². The lowest BCUT2D eigenvalue weighted by Crippen LogP contribution is -2.25. The molecule has 0 unspecified atom stereocenters. The summed E-state index contributed by atoms with van der Waals surface area (Å²) < 4.78 is 14.4. The third kappa shape index (κ3) is 3.46. The summed E-state index contributed by atoms with van der Waals surface area (Å²) >= 11 is 1.23. The van der Waals surface area contributed by atoms with Gasteiger partial charge in [-0.3, -0.25) is 14.2 Å². The highest BCUT2D eigenvalue weighted by Crippen LogP contribution is 2.26. The molecule has 2 aromatic heterocycles.